The zero-order chi connectivity index (χ0) is 55.1. The number of nitrogens with zero attached hydrogens (tertiary/aromatic N) is 8. The minimum Gasteiger partial charge on any atom is -0.334 e. The summed E-state index contributed by atoms with van der Waals surface area (Å²) < 4.78 is 0. The van der Waals surface area contributed by atoms with Gasteiger partial charge in [0, 0.05) is 103 Å². The summed E-state index contributed by atoms with van der Waals surface area (Å²) in [4.78, 5) is 109. The highest BCUT2D eigenvalue weighted by Gasteiger charge is 2.43. The third-order valence-electron chi connectivity index (χ3n) is 16.0. The summed E-state index contributed by atoms with van der Waals surface area (Å²) in [5, 5.41) is 20.1. The maximum atomic E-state index is 14.8. The maximum Gasteiger partial charge on any atom is 0.262 e. The van der Waals surface area contributed by atoms with Gasteiger partial charge in [-0.3, -0.25) is 48.3 Å². The smallest absolute Gasteiger partial charge is 0.262 e. The van der Waals surface area contributed by atoms with Gasteiger partial charge in [-0.2, -0.15) is 0 Å². The van der Waals surface area contributed by atoms with Crippen LogP contribution in [0.1, 0.15) is 208 Å². The number of carbonyl (C=O) groups excluding carboxylic acids is 7. The molecule has 7 heterocycles. The van der Waals surface area contributed by atoms with Gasteiger partial charge in [-0.25, -0.2) is 0 Å². The van der Waals surface area contributed by atoms with E-state index in [-0.39, 0.29) is 59.2 Å². The lowest BCUT2D eigenvalue weighted by molar-refractivity contribution is 0.0586. The second-order valence-electron chi connectivity index (χ2n) is 21.3. The van der Waals surface area contributed by atoms with Gasteiger partial charge in [0.05, 0.1) is 20.9 Å². The maximum absolute atomic E-state index is 14.8. The van der Waals surface area contributed by atoms with Crippen molar-refractivity contribution in [2.75, 3.05) is 26.2 Å². The first kappa shape index (κ1) is 53.6. The largest absolute Gasteiger partial charge is 0.334 e. The molecule has 17 heteroatoms. The van der Waals surface area contributed by atoms with Crippen LogP contribution in [0.3, 0.4) is 0 Å². The number of benzene rings is 4. The standard InChI is InChI=1S/C62H64N8O7S2/c1-5-9-13-17-29-67-35-36-33-41(52-50-39(23-21-37(48(36)50)56(67)71)58(73)69(61(52)76)31-19-15-11-7-3)44-25-27-46(78-44)54-63-65-55(66-64-54)47-28-26-45(79-47)42-34-43-49-38(57(72)68(60(43)75)30-18-14-10-6-2)22-24-40-51(49)53(42)62(77)70(59(40)74)32-20-16-12-8-4/h21-28,33-34H,5-20,29-32,35H2,1-4H3. The number of hydrogen-bond donors (Lipinski definition) is 0. The lowest BCUT2D eigenvalue weighted by Gasteiger charge is -2.34. The number of carbonyl (C=O) groups is 7. The summed E-state index contributed by atoms with van der Waals surface area (Å²) in [5.74, 6) is -2.07. The van der Waals surface area contributed by atoms with E-state index in [1.54, 1.807) is 30.3 Å². The number of thiophene rings is 2. The second kappa shape index (κ2) is 22.8. The van der Waals surface area contributed by atoms with Gasteiger partial charge in [-0.15, -0.1) is 43.1 Å². The Morgan fingerprint density at radius 2 is 0.722 bits per heavy atom. The van der Waals surface area contributed by atoms with Gasteiger partial charge < -0.3 is 4.90 Å². The predicted molar refractivity (Wildman–Crippen MR) is 308 cm³/mol. The zero-order valence-corrected chi connectivity index (χ0v) is 47.0. The molecule has 4 aromatic carbocycles. The fourth-order valence-corrected chi connectivity index (χ4v) is 13.8. The molecule has 406 valence electrons. The lowest BCUT2D eigenvalue weighted by atomic mass is 9.83. The highest BCUT2D eigenvalue weighted by atomic mass is 32.1. The molecule has 0 atom stereocenters. The predicted octanol–water partition coefficient (Wildman–Crippen LogP) is 13.4. The van der Waals surface area contributed by atoms with E-state index >= 15 is 0 Å². The van der Waals surface area contributed by atoms with E-state index in [4.69, 9.17) is 0 Å². The van der Waals surface area contributed by atoms with Crippen LogP contribution in [0.5, 0.6) is 0 Å². The molecular formula is C62H64N8O7S2. The molecule has 15 nitrogen and oxygen atoms in total. The van der Waals surface area contributed by atoms with E-state index in [1.165, 1.54) is 37.4 Å². The van der Waals surface area contributed by atoms with E-state index in [0.717, 1.165) is 93.9 Å². The summed E-state index contributed by atoms with van der Waals surface area (Å²) in [7, 11) is 0. The fraction of sp³-hybridized carbons (Fsp3) is 0.403. The minimum absolute atomic E-state index is 0.0864. The highest BCUT2D eigenvalue weighted by molar-refractivity contribution is 7.19. The fourth-order valence-electron chi connectivity index (χ4n) is 11.9. The molecule has 0 N–H and O–H groups in total. The average Bonchev–Trinajstić information content (AvgIpc) is 3.81. The zero-order valence-electron chi connectivity index (χ0n) is 45.4. The van der Waals surface area contributed by atoms with Gasteiger partial charge in [-0.1, -0.05) is 105 Å². The Bertz CT molecular complexity index is 3640. The Labute approximate surface area is 467 Å². The summed E-state index contributed by atoms with van der Waals surface area (Å²) in [6.45, 7) is 10.3. The molecule has 7 amide bonds. The molecular weight excluding hydrogens is 1030 g/mol. The molecule has 11 rings (SSSR count). The normalized spacial score (nSPS) is 14.9. The molecule has 0 bridgehead atoms. The Kier molecular flexibility index (Phi) is 15.5. The second-order valence-corrected chi connectivity index (χ2v) is 23.4. The van der Waals surface area contributed by atoms with Gasteiger partial charge in [0.15, 0.2) is 0 Å². The van der Waals surface area contributed by atoms with Crippen LogP contribution in [0, 0.1) is 0 Å². The van der Waals surface area contributed by atoms with E-state index in [1.807, 2.05) is 35.2 Å². The van der Waals surface area contributed by atoms with Crippen LogP contribution in [0.25, 0.3) is 63.8 Å². The summed E-state index contributed by atoms with van der Waals surface area (Å²) >= 11 is 2.69. The first-order valence-corrected chi connectivity index (χ1v) is 30.0. The summed E-state index contributed by atoms with van der Waals surface area (Å²) in [6, 6.07) is 17.9. The van der Waals surface area contributed by atoms with Crippen LogP contribution >= 0.6 is 22.7 Å². The van der Waals surface area contributed by atoms with Crippen LogP contribution in [0.4, 0.5) is 0 Å². The van der Waals surface area contributed by atoms with Crippen LogP contribution < -0.4 is 0 Å². The van der Waals surface area contributed by atoms with Crippen molar-refractivity contribution in [1.29, 1.82) is 0 Å². The highest BCUT2D eigenvalue weighted by Crippen LogP contribution is 2.47. The van der Waals surface area contributed by atoms with Gasteiger partial charge in [0.2, 0.25) is 11.6 Å². The lowest BCUT2D eigenvalue weighted by Crippen LogP contribution is -2.44. The number of unbranched alkanes of at least 4 members (excludes halogenated alkanes) is 12. The Morgan fingerprint density at radius 1 is 0.354 bits per heavy atom. The molecule has 0 fully saturated rings. The summed E-state index contributed by atoms with van der Waals surface area (Å²) in [5.41, 5.74) is 4.54. The number of hydrogen-bond acceptors (Lipinski definition) is 13. The number of aromatic nitrogens is 4. The average molecular weight is 1100 g/mol. The topological polar surface area (TPSA) is 184 Å². The molecule has 4 aliphatic rings. The first-order chi connectivity index (χ1) is 38.5. The van der Waals surface area contributed by atoms with Crippen LogP contribution in [0.15, 0.2) is 60.7 Å². The molecule has 4 aliphatic heterocycles. The van der Waals surface area contributed by atoms with Crippen molar-refractivity contribution in [1.82, 2.24) is 40.0 Å². The van der Waals surface area contributed by atoms with E-state index in [0.29, 0.717) is 108 Å². The van der Waals surface area contributed by atoms with Crippen molar-refractivity contribution < 1.29 is 33.6 Å². The third-order valence-corrected chi connectivity index (χ3v) is 18.2. The first-order valence-electron chi connectivity index (χ1n) is 28.4. The Balaban J connectivity index is 0.935. The molecule has 7 aromatic rings. The SMILES string of the molecule is CCCCCCN1Cc2cc(-c3ccc(-c4nnc(-c5ccc(-c6cc7c8c(ccc9c8c6C(=O)N(CCCCCC)C9=O)C(=O)N(CCCCCC)C7=O)s5)nn4)s3)c3c4c(ccc(c24)C1=O)C(=O)N(CCCCCC)C3=O. The van der Waals surface area contributed by atoms with Gasteiger partial charge in [-0.05, 0) is 91.9 Å². The van der Waals surface area contributed by atoms with Crippen LogP contribution in [-0.2, 0) is 6.54 Å². The number of amides is 7. The van der Waals surface area contributed by atoms with Crippen LogP contribution in [-0.4, -0.2) is 108 Å². The van der Waals surface area contributed by atoms with Gasteiger partial charge in [0.25, 0.3) is 41.4 Å². The monoisotopic (exact) mass is 1100 g/mol. The molecule has 0 saturated carbocycles. The van der Waals surface area contributed by atoms with Crippen molar-refractivity contribution in [2.24, 2.45) is 0 Å². The van der Waals surface area contributed by atoms with E-state index < -0.39 is 23.6 Å². The molecule has 0 aliphatic carbocycles. The molecule has 79 heavy (non-hydrogen) atoms. The Morgan fingerprint density at radius 3 is 1.18 bits per heavy atom. The number of imide groups is 3. The molecule has 0 radical (unpaired) electrons. The third kappa shape index (κ3) is 9.55. The molecule has 0 unspecified atom stereocenters. The van der Waals surface area contributed by atoms with Crippen molar-refractivity contribution in [3.8, 4) is 42.3 Å². The molecule has 0 spiro atoms. The summed E-state index contributed by atoms with van der Waals surface area (Å²) in [6.07, 6.45) is 14.7. The van der Waals surface area contributed by atoms with Gasteiger partial charge >= 0.3 is 0 Å². The van der Waals surface area contributed by atoms with Crippen LogP contribution in [0.2, 0.25) is 0 Å². The van der Waals surface area contributed by atoms with Crippen molar-refractivity contribution in [3.05, 3.63) is 105 Å². The minimum atomic E-state index is -0.464. The molecule has 3 aromatic heterocycles. The quantitative estimate of drug-likeness (QED) is 0.0414. The van der Waals surface area contributed by atoms with Crippen molar-refractivity contribution in [2.45, 2.75) is 137 Å². The van der Waals surface area contributed by atoms with E-state index in [2.05, 4.69) is 48.1 Å². The van der Waals surface area contributed by atoms with Gasteiger partial charge in [0.1, 0.15) is 0 Å². The number of rotatable bonds is 24. The van der Waals surface area contributed by atoms with E-state index in [9.17, 15) is 33.6 Å². The Hall–Kier alpha value is -7.37. The van der Waals surface area contributed by atoms with Crippen molar-refractivity contribution in [3.63, 3.8) is 0 Å². The molecule has 0 saturated heterocycles. The van der Waals surface area contributed by atoms with Crippen molar-refractivity contribution >= 4 is 85.6 Å².